The Balaban J connectivity index is 1.79. The van der Waals surface area contributed by atoms with Crippen molar-refractivity contribution in [3.63, 3.8) is 0 Å². The van der Waals surface area contributed by atoms with Gasteiger partial charge in [0.05, 0.1) is 11.5 Å². The van der Waals surface area contributed by atoms with E-state index in [2.05, 4.69) is 5.32 Å². The minimum absolute atomic E-state index is 0.127. The highest BCUT2D eigenvalue weighted by molar-refractivity contribution is 5.78. The van der Waals surface area contributed by atoms with Crippen LogP contribution in [-0.4, -0.2) is 66.6 Å². The Morgan fingerprint density at radius 1 is 1.33 bits per heavy atom. The maximum atomic E-state index is 12.0. The minimum atomic E-state index is -0.915. The molecule has 3 N–H and O–H groups in total. The SMILES string of the molecule is CN(CC1CC(O)C1)C(=O)NCC1(C(=O)O)CCOCC1. The van der Waals surface area contributed by atoms with E-state index < -0.39 is 11.4 Å². The summed E-state index contributed by atoms with van der Waals surface area (Å²) in [4.78, 5) is 25.1. The van der Waals surface area contributed by atoms with Crippen LogP contribution in [0.2, 0.25) is 0 Å². The largest absolute Gasteiger partial charge is 0.481 e. The maximum absolute atomic E-state index is 12.0. The molecule has 2 fully saturated rings. The van der Waals surface area contributed by atoms with Crippen molar-refractivity contribution >= 4 is 12.0 Å². The highest BCUT2D eigenvalue weighted by Gasteiger charge is 2.40. The summed E-state index contributed by atoms with van der Waals surface area (Å²) >= 11 is 0. The van der Waals surface area contributed by atoms with Gasteiger partial charge in [-0.15, -0.1) is 0 Å². The predicted molar refractivity (Wildman–Crippen MR) is 74.9 cm³/mol. The van der Waals surface area contributed by atoms with E-state index in [4.69, 9.17) is 4.74 Å². The fourth-order valence-corrected chi connectivity index (χ4v) is 2.93. The number of carbonyl (C=O) groups excluding carboxylic acids is 1. The van der Waals surface area contributed by atoms with Gasteiger partial charge in [-0.05, 0) is 31.6 Å². The molecular formula is C14H24N2O5. The quantitative estimate of drug-likeness (QED) is 0.677. The van der Waals surface area contributed by atoms with Crippen molar-refractivity contribution < 1.29 is 24.5 Å². The monoisotopic (exact) mass is 300 g/mol. The molecule has 7 heteroatoms. The summed E-state index contributed by atoms with van der Waals surface area (Å²) in [6.07, 6.45) is 2.06. The van der Waals surface area contributed by atoms with E-state index in [1.165, 1.54) is 0 Å². The van der Waals surface area contributed by atoms with Crippen LogP contribution in [0.5, 0.6) is 0 Å². The average Bonchev–Trinajstić information content (AvgIpc) is 2.43. The topological polar surface area (TPSA) is 99.1 Å². The Morgan fingerprint density at radius 3 is 2.48 bits per heavy atom. The fraction of sp³-hybridized carbons (Fsp3) is 0.857. The molecule has 1 saturated carbocycles. The molecule has 0 atom stereocenters. The Morgan fingerprint density at radius 2 is 1.95 bits per heavy atom. The number of urea groups is 1. The summed E-state index contributed by atoms with van der Waals surface area (Å²) in [6, 6.07) is -0.261. The molecule has 1 saturated heterocycles. The third-order valence-electron chi connectivity index (χ3n) is 4.57. The van der Waals surface area contributed by atoms with Crippen molar-refractivity contribution in [2.45, 2.75) is 31.8 Å². The van der Waals surface area contributed by atoms with Crippen LogP contribution in [0, 0.1) is 11.3 Å². The van der Waals surface area contributed by atoms with Crippen LogP contribution in [0.1, 0.15) is 25.7 Å². The number of aliphatic hydroxyl groups excluding tert-OH is 1. The van der Waals surface area contributed by atoms with Crippen LogP contribution >= 0.6 is 0 Å². The van der Waals surface area contributed by atoms with Gasteiger partial charge in [0.25, 0.3) is 0 Å². The number of carboxylic acid groups (broad SMARTS) is 1. The number of carboxylic acids is 1. The van der Waals surface area contributed by atoms with E-state index in [0.717, 1.165) is 12.8 Å². The second-order valence-electron chi connectivity index (χ2n) is 6.23. The number of rotatable bonds is 5. The Bertz CT molecular complexity index is 389. The molecule has 0 unspecified atom stereocenters. The Hall–Kier alpha value is -1.34. The highest BCUT2D eigenvalue weighted by atomic mass is 16.5. The Kier molecular flexibility index (Phi) is 5.05. The van der Waals surface area contributed by atoms with Gasteiger partial charge in [-0.1, -0.05) is 0 Å². The van der Waals surface area contributed by atoms with Gasteiger partial charge < -0.3 is 25.2 Å². The average molecular weight is 300 g/mol. The number of hydrogen-bond acceptors (Lipinski definition) is 4. The summed E-state index contributed by atoms with van der Waals surface area (Å²) in [5, 5.41) is 21.4. The summed E-state index contributed by atoms with van der Waals surface area (Å²) in [5.74, 6) is -0.539. The molecule has 21 heavy (non-hydrogen) atoms. The lowest BCUT2D eigenvalue weighted by Gasteiger charge is -2.36. The molecule has 0 aromatic heterocycles. The first-order valence-corrected chi connectivity index (χ1v) is 7.41. The van der Waals surface area contributed by atoms with E-state index >= 15 is 0 Å². The molecule has 0 aromatic rings. The minimum Gasteiger partial charge on any atom is -0.481 e. The summed E-state index contributed by atoms with van der Waals surface area (Å²) < 4.78 is 5.20. The Labute approximate surface area is 124 Å². The molecule has 1 heterocycles. The number of amides is 2. The first-order chi connectivity index (χ1) is 9.93. The number of nitrogens with zero attached hydrogens (tertiary/aromatic N) is 1. The summed E-state index contributed by atoms with van der Waals surface area (Å²) in [7, 11) is 1.69. The number of carbonyl (C=O) groups is 2. The second-order valence-corrected chi connectivity index (χ2v) is 6.23. The molecule has 1 aliphatic carbocycles. The van der Waals surface area contributed by atoms with E-state index in [-0.39, 0.29) is 18.7 Å². The third kappa shape index (κ3) is 3.85. The molecule has 7 nitrogen and oxygen atoms in total. The van der Waals surface area contributed by atoms with Crippen molar-refractivity contribution in [3.8, 4) is 0 Å². The fourth-order valence-electron chi connectivity index (χ4n) is 2.93. The van der Waals surface area contributed by atoms with Gasteiger partial charge in [-0.25, -0.2) is 4.79 Å². The standard InChI is InChI=1S/C14H24N2O5/c1-16(8-10-6-11(17)7-10)13(20)15-9-14(12(18)19)2-4-21-5-3-14/h10-11,17H,2-9H2,1H3,(H,15,20)(H,18,19). The molecule has 0 bridgehead atoms. The molecule has 0 spiro atoms. The second kappa shape index (κ2) is 6.62. The summed E-state index contributed by atoms with van der Waals surface area (Å²) in [5.41, 5.74) is -0.915. The van der Waals surface area contributed by atoms with Crippen LogP contribution < -0.4 is 5.32 Å². The van der Waals surface area contributed by atoms with Gasteiger partial charge in [0.1, 0.15) is 0 Å². The third-order valence-corrected chi connectivity index (χ3v) is 4.57. The zero-order valence-electron chi connectivity index (χ0n) is 12.4. The molecule has 2 rings (SSSR count). The zero-order valence-corrected chi connectivity index (χ0v) is 12.4. The van der Waals surface area contributed by atoms with Gasteiger partial charge in [-0.3, -0.25) is 4.79 Å². The van der Waals surface area contributed by atoms with Gasteiger partial charge >= 0.3 is 12.0 Å². The molecule has 1 aliphatic heterocycles. The van der Waals surface area contributed by atoms with E-state index in [1.54, 1.807) is 11.9 Å². The number of nitrogens with one attached hydrogen (secondary N) is 1. The van der Waals surface area contributed by atoms with E-state index in [1.807, 2.05) is 0 Å². The van der Waals surface area contributed by atoms with Gasteiger partial charge in [-0.2, -0.15) is 0 Å². The molecule has 0 radical (unpaired) electrons. The van der Waals surface area contributed by atoms with Gasteiger partial charge in [0.2, 0.25) is 0 Å². The van der Waals surface area contributed by atoms with E-state index in [0.29, 0.717) is 38.5 Å². The smallest absolute Gasteiger partial charge is 0.317 e. The number of aliphatic hydroxyl groups is 1. The highest BCUT2D eigenvalue weighted by Crippen LogP contribution is 2.30. The van der Waals surface area contributed by atoms with E-state index in [9.17, 15) is 19.8 Å². The van der Waals surface area contributed by atoms with Gasteiger partial charge in [0, 0.05) is 33.4 Å². The molecule has 0 aromatic carbocycles. The van der Waals surface area contributed by atoms with Crippen molar-refractivity contribution in [2.24, 2.45) is 11.3 Å². The number of ether oxygens (including phenoxy) is 1. The van der Waals surface area contributed by atoms with Crippen LogP contribution in [0.4, 0.5) is 4.79 Å². The first kappa shape index (κ1) is 16.0. The van der Waals surface area contributed by atoms with Crippen LogP contribution in [0.15, 0.2) is 0 Å². The van der Waals surface area contributed by atoms with Crippen molar-refractivity contribution in [1.82, 2.24) is 10.2 Å². The van der Waals surface area contributed by atoms with Crippen LogP contribution in [-0.2, 0) is 9.53 Å². The lowest BCUT2D eigenvalue weighted by molar-refractivity contribution is -0.154. The van der Waals surface area contributed by atoms with Crippen molar-refractivity contribution in [2.75, 3.05) is 33.4 Å². The van der Waals surface area contributed by atoms with Crippen LogP contribution in [0.25, 0.3) is 0 Å². The zero-order chi connectivity index (χ0) is 15.5. The van der Waals surface area contributed by atoms with Crippen molar-refractivity contribution in [1.29, 1.82) is 0 Å². The lowest BCUT2D eigenvalue weighted by Crippen LogP contribution is -2.50. The van der Waals surface area contributed by atoms with Crippen LogP contribution in [0.3, 0.4) is 0 Å². The maximum Gasteiger partial charge on any atom is 0.317 e. The molecular weight excluding hydrogens is 276 g/mol. The summed E-state index contributed by atoms with van der Waals surface area (Å²) in [6.45, 7) is 1.55. The normalized spacial score (nSPS) is 27.5. The molecule has 2 amide bonds. The molecule has 2 aliphatic rings. The number of hydrogen-bond donors (Lipinski definition) is 3. The van der Waals surface area contributed by atoms with Crippen molar-refractivity contribution in [3.05, 3.63) is 0 Å². The number of aliphatic carboxylic acids is 1. The van der Waals surface area contributed by atoms with Gasteiger partial charge in [0.15, 0.2) is 0 Å². The lowest BCUT2D eigenvalue weighted by atomic mass is 9.80. The molecule has 120 valence electrons. The predicted octanol–water partition coefficient (Wildman–Crippen LogP) is 0.280. The first-order valence-electron chi connectivity index (χ1n) is 7.41.